The van der Waals surface area contributed by atoms with Crippen molar-refractivity contribution in [2.75, 3.05) is 9.80 Å². The number of rotatable bonds is 10. The molecule has 0 atom stereocenters. The number of hydrogen-bond acceptors (Lipinski definition) is 4. The van der Waals surface area contributed by atoms with Crippen molar-refractivity contribution in [1.82, 2.24) is 0 Å². The Bertz CT molecular complexity index is 4450. The molecule has 2 heterocycles. The van der Waals surface area contributed by atoms with Crippen molar-refractivity contribution in [3.63, 3.8) is 0 Å². The summed E-state index contributed by atoms with van der Waals surface area (Å²) in [6.45, 7) is 6.27. The molecule has 374 valence electrons. The minimum atomic E-state index is 0.461. The van der Waals surface area contributed by atoms with Gasteiger partial charge >= 0.3 is 0 Å². The van der Waals surface area contributed by atoms with E-state index in [0.717, 1.165) is 67.2 Å². The van der Waals surface area contributed by atoms with Crippen molar-refractivity contribution in [2.24, 2.45) is 0 Å². The molecule has 2 aliphatic carbocycles. The van der Waals surface area contributed by atoms with E-state index in [9.17, 15) is 0 Å². The molecule has 2 aliphatic rings. The van der Waals surface area contributed by atoms with Crippen LogP contribution in [-0.2, 0) is 0 Å². The van der Waals surface area contributed by atoms with E-state index in [1.807, 2.05) is 6.08 Å². The molecule has 15 rings (SSSR count). The maximum absolute atomic E-state index is 7.40. The predicted octanol–water partition coefficient (Wildman–Crippen LogP) is 22.1. The van der Waals surface area contributed by atoms with Gasteiger partial charge in [-0.25, -0.2) is 0 Å². The second kappa shape index (κ2) is 18.6. The number of hydrogen-bond donors (Lipinski definition) is 0. The molecule has 0 bridgehead atoms. The highest BCUT2D eigenvalue weighted by Crippen LogP contribution is 2.53. The Labute approximate surface area is 449 Å². The number of fused-ring (bicyclic) bond motifs is 8. The molecule has 0 amide bonds. The molecule has 4 heteroatoms. The highest BCUT2D eigenvalue weighted by atomic mass is 16.3. The highest BCUT2D eigenvalue weighted by Gasteiger charge is 2.30. The van der Waals surface area contributed by atoms with Crippen LogP contribution >= 0.6 is 0 Å². The average Bonchev–Trinajstić information content (AvgIpc) is 4.32. The molecule has 0 N–H and O–H groups in total. The summed E-state index contributed by atoms with van der Waals surface area (Å²) in [5.74, 6) is 0.946. The van der Waals surface area contributed by atoms with Gasteiger partial charge in [0, 0.05) is 43.7 Å². The summed E-state index contributed by atoms with van der Waals surface area (Å²) in [4.78, 5) is 4.89. The second-order valence-corrected chi connectivity index (χ2v) is 22.0. The van der Waals surface area contributed by atoms with Crippen LogP contribution in [0, 0.1) is 6.92 Å². The normalized spacial score (nSPS) is 15.0. The Morgan fingerprint density at radius 3 is 1.44 bits per heavy atom. The number of aryl methyl sites for hydroxylation is 1. The first kappa shape index (κ1) is 45.8. The SMILES string of the molecule is C=C/C=C\c1cc(C2CCCCC2)c2oc3c(N(c4ccccc4)c4ccc5ccc6c(N(c7ccccc7)c7cccc8c7oc7c(C9CCCCC9)cc9ccccc9c78)ccc7ccc4c5c76)cccc3c2c1C. The molecule has 0 spiro atoms. The molecule has 13 aromatic rings. The third-order valence-electron chi connectivity index (χ3n) is 17.7. The molecule has 0 unspecified atom stereocenters. The Morgan fingerprint density at radius 2 is 0.883 bits per heavy atom. The van der Waals surface area contributed by atoms with Crippen LogP contribution < -0.4 is 9.80 Å². The first-order valence-electron chi connectivity index (χ1n) is 28.2. The summed E-state index contributed by atoms with van der Waals surface area (Å²) in [5.41, 5.74) is 15.4. The van der Waals surface area contributed by atoms with E-state index < -0.39 is 0 Å². The number of nitrogens with zero attached hydrogens (tertiary/aromatic N) is 2. The topological polar surface area (TPSA) is 32.8 Å². The van der Waals surface area contributed by atoms with Gasteiger partial charge in [-0.15, -0.1) is 0 Å². The molecular weight excluding hydrogens is 937 g/mol. The van der Waals surface area contributed by atoms with Gasteiger partial charge < -0.3 is 18.6 Å². The number of para-hydroxylation sites is 4. The Kier molecular flexibility index (Phi) is 11.1. The van der Waals surface area contributed by atoms with Crippen LogP contribution in [0.15, 0.2) is 210 Å². The largest absolute Gasteiger partial charge is 0.454 e. The van der Waals surface area contributed by atoms with E-state index in [0.29, 0.717) is 11.8 Å². The second-order valence-electron chi connectivity index (χ2n) is 22.0. The lowest BCUT2D eigenvalue weighted by Crippen LogP contribution is -2.11. The van der Waals surface area contributed by atoms with Crippen molar-refractivity contribution in [3.05, 3.63) is 223 Å². The van der Waals surface area contributed by atoms with Gasteiger partial charge in [0.1, 0.15) is 11.2 Å². The highest BCUT2D eigenvalue weighted by molar-refractivity contribution is 6.29. The van der Waals surface area contributed by atoms with E-state index in [1.54, 1.807) is 0 Å². The van der Waals surface area contributed by atoms with Crippen molar-refractivity contribution >= 4 is 127 Å². The molecule has 0 saturated heterocycles. The van der Waals surface area contributed by atoms with Gasteiger partial charge in [-0.05, 0) is 160 Å². The lowest BCUT2D eigenvalue weighted by molar-refractivity contribution is 0.442. The third kappa shape index (κ3) is 7.32. The van der Waals surface area contributed by atoms with Crippen LogP contribution in [0.25, 0.3) is 93.0 Å². The summed E-state index contributed by atoms with van der Waals surface area (Å²) in [6.07, 6.45) is 18.6. The van der Waals surface area contributed by atoms with Gasteiger partial charge in [-0.3, -0.25) is 0 Å². The van der Waals surface area contributed by atoms with Crippen molar-refractivity contribution in [3.8, 4) is 0 Å². The van der Waals surface area contributed by atoms with Crippen molar-refractivity contribution < 1.29 is 8.83 Å². The predicted molar refractivity (Wildman–Crippen MR) is 327 cm³/mol. The van der Waals surface area contributed by atoms with Gasteiger partial charge in [0.15, 0.2) is 11.2 Å². The summed E-state index contributed by atoms with van der Waals surface area (Å²) in [7, 11) is 0. The molecule has 0 radical (unpaired) electrons. The van der Waals surface area contributed by atoms with E-state index in [4.69, 9.17) is 8.83 Å². The van der Waals surface area contributed by atoms with E-state index >= 15 is 0 Å². The minimum Gasteiger partial charge on any atom is -0.454 e. The van der Waals surface area contributed by atoms with Crippen molar-refractivity contribution in [2.45, 2.75) is 83.0 Å². The van der Waals surface area contributed by atoms with Crippen LogP contribution in [0.5, 0.6) is 0 Å². The maximum atomic E-state index is 7.40. The smallest absolute Gasteiger partial charge is 0.159 e. The number of furan rings is 2. The number of anilines is 6. The maximum Gasteiger partial charge on any atom is 0.159 e. The third-order valence-corrected chi connectivity index (χ3v) is 17.7. The standard InChI is InChI=1S/C73H60N2O2/c1-3-4-21-51-44-60(47-22-9-5-10-23-47)72-66(46(51)2)58-32-19-34-64(70(58)76-72)74(53-27-13-7-14-28-53)62-42-38-49-37-41-57-63(43-39-50-36-40-56(62)67(49)68(50)57)75(54-29-15-8-16-30-54)65-35-20-33-59-69-55-31-18-17-26-52(55)45-61(73(69)77-71(59)65)48-24-11-6-12-25-48/h3-4,7-8,13-21,26-45,47-48H,1,5-6,9-12,22-25H2,2H3/b21-4-. The van der Waals surface area contributed by atoms with E-state index in [1.165, 1.54) is 140 Å². The fraction of sp³-hybridized carbons (Fsp3) is 0.178. The van der Waals surface area contributed by atoms with E-state index in [2.05, 4.69) is 217 Å². The molecular formula is C73H60N2O2. The average molecular weight is 997 g/mol. The van der Waals surface area contributed by atoms with Crippen LogP contribution in [0.1, 0.15) is 98.3 Å². The van der Waals surface area contributed by atoms with Crippen LogP contribution in [0.4, 0.5) is 34.1 Å². The molecule has 0 aliphatic heterocycles. The molecule has 2 aromatic heterocycles. The molecule has 2 saturated carbocycles. The zero-order chi connectivity index (χ0) is 51.1. The summed E-state index contributed by atoms with van der Waals surface area (Å²) in [5, 5.41) is 14.5. The fourth-order valence-electron chi connectivity index (χ4n) is 14.1. The Balaban J connectivity index is 0.954. The van der Waals surface area contributed by atoms with Gasteiger partial charge in [0.25, 0.3) is 0 Å². The van der Waals surface area contributed by atoms with Gasteiger partial charge in [-0.1, -0.05) is 185 Å². The van der Waals surface area contributed by atoms with Gasteiger partial charge in [0.05, 0.1) is 22.7 Å². The zero-order valence-corrected chi connectivity index (χ0v) is 43.7. The molecule has 2 fully saturated rings. The lowest BCUT2D eigenvalue weighted by atomic mass is 9.82. The summed E-state index contributed by atoms with van der Waals surface area (Å²) >= 11 is 0. The first-order chi connectivity index (χ1) is 38.1. The minimum absolute atomic E-state index is 0.461. The Morgan fingerprint density at radius 1 is 0.403 bits per heavy atom. The van der Waals surface area contributed by atoms with Crippen LogP contribution in [-0.4, -0.2) is 0 Å². The summed E-state index contributed by atoms with van der Waals surface area (Å²) in [6, 6.07) is 67.6. The molecule has 4 nitrogen and oxygen atoms in total. The monoisotopic (exact) mass is 996 g/mol. The fourth-order valence-corrected chi connectivity index (χ4v) is 14.1. The summed E-state index contributed by atoms with van der Waals surface area (Å²) < 4.78 is 14.8. The molecule has 77 heavy (non-hydrogen) atoms. The number of benzene rings is 11. The Hall–Kier alpha value is -8.60. The van der Waals surface area contributed by atoms with Crippen LogP contribution in [0.2, 0.25) is 0 Å². The van der Waals surface area contributed by atoms with Gasteiger partial charge in [0.2, 0.25) is 0 Å². The van der Waals surface area contributed by atoms with Crippen LogP contribution in [0.3, 0.4) is 0 Å². The quantitative estimate of drug-likeness (QED) is 0.101. The molecule has 11 aromatic carbocycles. The van der Waals surface area contributed by atoms with E-state index in [-0.39, 0.29) is 0 Å². The zero-order valence-electron chi connectivity index (χ0n) is 43.7. The van der Waals surface area contributed by atoms with Crippen molar-refractivity contribution in [1.29, 1.82) is 0 Å². The lowest BCUT2D eigenvalue weighted by Gasteiger charge is -2.29. The first-order valence-corrected chi connectivity index (χ1v) is 28.2. The van der Waals surface area contributed by atoms with Gasteiger partial charge in [-0.2, -0.15) is 0 Å². The number of allylic oxidation sites excluding steroid dienone is 2.